The molecule has 0 aliphatic heterocycles. The summed E-state index contributed by atoms with van der Waals surface area (Å²) in [5, 5.41) is 44.7. The first kappa shape index (κ1) is 28.4. The van der Waals surface area contributed by atoms with E-state index in [0.717, 1.165) is 27.8 Å². The molecule has 0 bridgehead atoms. The van der Waals surface area contributed by atoms with Gasteiger partial charge in [-0.2, -0.15) is 0 Å². The number of phenols is 4. The predicted molar refractivity (Wildman–Crippen MR) is 176 cm³/mol. The largest absolute Gasteiger partial charge is 0.508 e. The monoisotopic (exact) mass is 576 g/mol. The van der Waals surface area contributed by atoms with Crippen LogP contribution in [0.5, 0.6) is 23.0 Å². The molecule has 0 aliphatic rings. The van der Waals surface area contributed by atoms with Crippen LogP contribution in [0.4, 0.5) is 0 Å². The van der Waals surface area contributed by atoms with Crippen LogP contribution >= 0.6 is 0 Å². The average molecular weight is 577 g/mol. The molecule has 6 aromatic rings. The first-order valence-corrected chi connectivity index (χ1v) is 14.5. The first-order chi connectivity index (χ1) is 21.5. The Balaban J connectivity index is 1.84. The van der Waals surface area contributed by atoms with Crippen LogP contribution in [0, 0.1) is 0 Å². The van der Waals surface area contributed by atoms with E-state index in [2.05, 4.69) is 24.3 Å². The molecule has 4 nitrogen and oxygen atoms in total. The Bertz CT molecular complexity index is 1800. The minimum absolute atomic E-state index is 0.00211. The first-order valence-electron chi connectivity index (χ1n) is 14.5. The highest BCUT2D eigenvalue weighted by Crippen LogP contribution is 2.54. The average Bonchev–Trinajstić information content (AvgIpc) is 3.07. The van der Waals surface area contributed by atoms with Gasteiger partial charge in [0.25, 0.3) is 0 Å². The lowest BCUT2D eigenvalue weighted by atomic mass is 9.69. The molecule has 4 heteroatoms. The van der Waals surface area contributed by atoms with Crippen molar-refractivity contribution in [1.29, 1.82) is 0 Å². The van der Waals surface area contributed by atoms with Crippen LogP contribution in [-0.4, -0.2) is 20.4 Å². The molecular formula is C40H32O4. The van der Waals surface area contributed by atoms with E-state index in [1.54, 1.807) is 12.1 Å². The molecule has 0 saturated heterocycles. The molecule has 0 heterocycles. The molecule has 44 heavy (non-hydrogen) atoms. The SMILES string of the molecule is Oc1ccc(O)c(C(=C(c2ccccc2)c2ccccc2)C(c2cc(O)ccc2O)C(c2ccccc2)c2ccccc2)c1. The van der Waals surface area contributed by atoms with E-state index in [9.17, 15) is 20.4 Å². The maximum atomic E-state index is 11.5. The van der Waals surface area contributed by atoms with Crippen molar-refractivity contribution >= 4 is 11.1 Å². The zero-order chi connectivity index (χ0) is 30.5. The van der Waals surface area contributed by atoms with Crippen molar-refractivity contribution in [2.45, 2.75) is 11.8 Å². The number of hydrogen-bond donors (Lipinski definition) is 4. The third-order valence-electron chi connectivity index (χ3n) is 7.97. The van der Waals surface area contributed by atoms with E-state index >= 15 is 0 Å². The third-order valence-corrected chi connectivity index (χ3v) is 7.97. The fourth-order valence-electron chi connectivity index (χ4n) is 6.08. The van der Waals surface area contributed by atoms with Gasteiger partial charge in [0.05, 0.1) is 0 Å². The molecule has 0 spiro atoms. The van der Waals surface area contributed by atoms with E-state index in [4.69, 9.17) is 0 Å². The highest BCUT2D eigenvalue weighted by molar-refractivity contribution is 6.02. The number of aromatic hydroxyl groups is 4. The third kappa shape index (κ3) is 5.79. The highest BCUT2D eigenvalue weighted by Gasteiger charge is 2.36. The fraction of sp³-hybridized carbons (Fsp3) is 0.0500. The molecule has 0 radical (unpaired) electrons. The molecule has 216 valence electrons. The van der Waals surface area contributed by atoms with Gasteiger partial charge in [0, 0.05) is 23.0 Å². The van der Waals surface area contributed by atoms with E-state index < -0.39 is 5.92 Å². The van der Waals surface area contributed by atoms with Crippen LogP contribution in [-0.2, 0) is 0 Å². The zero-order valence-electron chi connectivity index (χ0n) is 24.0. The van der Waals surface area contributed by atoms with Gasteiger partial charge in [-0.15, -0.1) is 0 Å². The molecule has 1 atom stereocenters. The standard InChI is InChI=1S/C40H32O4/c41-31-21-23-35(43)33(25-31)39(37(27-13-5-1-6-14-27)28-15-7-2-8-16-28)40(34-26-32(42)22-24-36(34)44)38(29-17-9-3-10-18-29)30-19-11-4-12-20-30/h1-26,37,39,41-44H. The summed E-state index contributed by atoms with van der Waals surface area (Å²) >= 11 is 0. The van der Waals surface area contributed by atoms with Gasteiger partial charge in [-0.1, -0.05) is 121 Å². The van der Waals surface area contributed by atoms with Gasteiger partial charge in [0.2, 0.25) is 0 Å². The lowest BCUT2D eigenvalue weighted by Crippen LogP contribution is -2.17. The van der Waals surface area contributed by atoms with Gasteiger partial charge >= 0.3 is 0 Å². The van der Waals surface area contributed by atoms with Crippen molar-refractivity contribution < 1.29 is 20.4 Å². The second kappa shape index (κ2) is 12.6. The molecule has 6 aromatic carbocycles. The van der Waals surface area contributed by atoms with Crippen LogP contribution in [0.25, 0.3) is 11.1 Å². The summed E-state index contributed by atoms with van der Waals surface area (Å²) < 4.78 is 0. The molecule has 0 aromatic heterocycles. The molecule has 0 saturated carbocycles. The van der Waals surface area contributed by atoms with Crippen molar-refractivity contribution in [3.63, 3.8) is 0 Å². The van der Waals surface area contributed by atoms with Crippen LogP contribution < -0.4 is 0 Å². The second-order valence-electron chi connectivity index (χ2n) is 10.7. The van der Waals surface area contributed by atoms with Gasteiger partial charge in [0.1, 0.15) is 23.0 Å². The molecule has 0 amide bonds. The van der Waals surface area contributed by atoms with E-state index in [1.165, 1.54) is 24.3 Å². The number of hydrogen-bond acceptors (Lipinski definition) is 4. The van der Waals surface area contributed by atoms with Crippen LogP contribution in [0.15, 0.2) is 158 Å². The lowest BCUT2D eigenvalue weighted by Gasteiger charge is -2.34. The maximum absolute atomic E-state index is 11.5. The Morgan fingerprint density at radius 3 is 1.36 bits per heavy atom. The zero-order valence-corrected chi connectivity index (χ0v) is 24.0. The quantitative estimate of drug-likeness (QED) is 0.108. The number of rotatable bonds is 8. The topological polar surface area (TPSA) is 80.9 Å². The van der Waals surface area contributed by atoms with Gasteiger partial charge in [-0.05, 0) is 69.8 Å². The minimum Gasteiger partial charge on any atom is -0.508 e. The summed E-state index contributed by atoms with van der Waals surface area (Å²) in [6, 6.07) is 48.9. The van der Waals surface area contributed by atoms with Gasteiger partial charge < -0.3 is 20.4 Å². The summed E-state index contributed by atoms with van der Waals surface area (Å²) in [6.45, 7) is 0. The summed E-state index contributed by atoms with van der Waals surface area (Å²) in [4.78, 5) is 0. The lowest BCUT2D eigenvalue weighted by molar-refractivity contribution is 0.449. The summed E-state index contributed by atoms with van der Waals surface area (Å²) in [6.07, 6.45) is 0. The maximum Gasteiger partial charge on any atom is 0.123 e. The molecule has 1 unspecified atom stereocenters. The summed E-state index contributed by atoms with van der Waals surface area (Å²) in [5.41, 5.74) is 6.11. The Morgan fingerprint density at radius 2 is 0.864 bits per heavy atom. The van der Waals surface area contributed by atoms with Crippen molar-refractivity contribution in [3.8, 4) is 23.0 Å². The second-order valence-corrected chi connectivity index (χ2v) is 10.7. The summed E-state index contributed by atoms with van der Waals surface area (Å²) in [5.74, 6) is -1.07. The predicted octanol–water partition coefficient (Wildman–Crippen LogP) is 9.08. The van der Waals surface area contributed by atoms with E-state index in [1.807, 2.05) is 97.1 Å². The smallest absolute Gasteiger partial charge is 0.123 e. The van der Waals surface area contributed by atoms with E-state index in [0.29, 0.717) is 16.7 Å². The van der Waals surface area contributed by atoms with Crippen molar-refractivity contribution in [2.75, 3.05) is 0 Å². The van der Waals surface area contributed by atoms with Crippen molar-refractivity contribution in [3.05, 3.63) is 191 Å². The molecule has 0 aliphatic carbocycles. The Kier molecular flexibility index (Phi) is 8.15. The fourth-order valence-corrected chi connectivity index (χ4v) is 6.08. The Morgan fingerprint density at radius 1 is 0.432 bits per heavy atom. The number of benzene rings is 6. The van der Waals surface area contributed by atoms with Crippen LogP contribution in [0.1, 0.15) is 45.2 Å². The highest BCUT2D eigenvalue weighted by atomic mass is 16.3. The van der Waals surface area contributed by atoms with E-state index in [-0.39, 0.29) is 28.9 Å². The van der Waals surface area contributed by atoms with Crippen LogP contribution in [0.2, 0.25) is 0 Å². The summed E-state index contributed by atoms with van der Waals surface area (Å²) in [7, 11) is 0. The molecule has 4 N–H and O–H groups in total. The van der Waals surface area contributed by atoms with Crippen molar-refractivity contribution in [1.82, 2.24) is 0 Å². The Labute approximate surface area is 257 Å². The normalized spacial score (nSPS) is 11.7. The number of allylic oxidation sites excluding steroid dienone is 1. The molecule has 0 fully saturated rings. The molecule has 6 rings (SSSR count). The van der Waals surface area contributed by atoms with Gasteiger partial charge in [-0.3, -0.25) is 0 Å². The Hall–Kier alpha value is -5.74. The molecular weight excluding hydrogens is 544 g/mol. The minimum atomic E-state index is -0.657. The van der Waals surface area contributed by atoms with Gasteiger partial charge in [-0.25, -0.2) is 0 Å². The van der Waals surface area contributed by atoms with Crippen LogP contribution in [0.3, 0.4) is 0 Å². The number of phenolic OH excluding ortho intramolecular Hbond substituents is 4. The van der Waals surface area contributed by atoms with Gasteiger partial charge in [0.15, 0.2) is 0 Å². The van der Waals surface area contributed by atoms with Crippen molar-refractivity contribution in [2.24, 2.45) is 0 Å².